The Labute approximate surface area is 369 Å². The SMILES string of the molecule is O=C1OC(c2ccccc2)C(c2ccccc2)N2C1C(C(=O)NCCc1ccccn1)C1(C(=O)Nc3ccc(C#CCn4nnc5ccccc54)cc31)C2c1ccc(OCCO)cc1. The second kappa shape index (κ2) is 17.2. The summed E-state index contributed by atoms with van der Waals surface area (Å²) in [5.41, 5.74) is 4.63. The van der Waals surface area contributed by atoms with E-state index in [0.717, 1.165) is 27.9 Å². The maximum Gasteiger partial charge on any atom is 0.324 e. The molecule has 5 heterocycles. The van der Waals surface area contributed by atoms with Gasteiger partial charge in [-0.05, 0) is 76.9 Å². The summed E-state index contributed by atoms with van der Waals surface area (Å²) in [5, 5.41) is 24.4. The fourth-order valence-corrected chi connectivity index (χ4v) is 9.80. The van der Waals surface area contributed by atoms with Crippen molar-refractivity contribution in [2.24, 2.45) is 5.92 Å². The van der Waals surface area contributed by atoms with Crippen LogP contribution in [-0.2, 0) is 37.5 Å². The van der Waals surface area contributed by atoms with Gasteiger partial charge in [0.05, 0.1) is 30.1 Å². The Morgan fingerprint density at radius 3 is 2.36 bits per heavy atom. The number of morpholine rings is 1. The van der Waals surface area contributed by atoms with Crippen LogP contribution >= 0.6 is 0 Å². The number of benzene rings is 5. The molecule has 3 aliphatic rings. The van der Waals surface area contributed by atoms with E-state index in [2.05, 4.69) is 37.8 Å². The van der Waals surface area contributed by atoms with Crippen molar-refractivity contribution >= 4 is 34.5 Å². The van der Waals surface area contributed by atoms with Gasteiger partial charge in [0.2, 0.25) is 11.8 Å². The molecule has 3 aliphatic heterocycles. The number of aliphatic hydroxyl groups excluding tert-OH is 1. The predicted molar refractivity (Wildman–Crippen MR) is 237 cm³/mol. The van der Waals surface area contributed by atoms with Gasteiger partial charge in [0.15, 0.2) is 0 Å². The summed E-state index contributed by atoms with van der Waals surface area (Å²) in [6, 6.07) is 42.6. The lowest BCUT2D eigenvalue weighted by molar-refractivity contribution is -0.178. The summed E-state index contributed by atoms with van der Waals surface area (Å²) in [6.07, 6.45) is 1.32. The number of nitrogens with one attached hydrogen (secondary N) is 2. The lowest BCUT2D eigenvalue weighted by Crippen LogP contribution is -2.55. The van der Waals surface area contributed by atoms with Gasteiger partial charge >= 0.3 is 5.97 Å². The molecule has 318 valence electrons. The third-order valence-electron chi connectivity index (χ3n) is 12.4. The Morgan fingerprint density at radius 2 is 1.59 bits per heavy atom. The van der Waals surface area contributed by atoms with Crippen LogP contribution in [0.5, 0.6) is 5.75 Å². The molecule has 5 aromatic carbocycles. The monoisotopic (exact) mass is 849 g/mol. The van der Waals surface area contributed by atoms with Crippen LogP contribution in [0.3, 0.4) is 0 Å². The number of anilines is 1. The first-order chi connectivity index (χ1) is 31.4. The number of cyclic esters (lactones) is 1. The Bertz CT molecular complexity index is 2900. The second-order valence-electron chi connectivity index (χ2n) is 16.0. The van der Waals surface area contributed by atoms with Gasteiger partial charge < -0.3 is 25.2 Å². The third-order valence-corrected chi connectivity index (χ3v) is 12.4. The molecule has 64 heavy (non-hydrogen) atoms. The molecule has 13 heteroatoms. The normalized spacial score (nSPS) is 22.2. The Morgan fingerprint density at radius 1 is 0.844 bits per heavy atom. The van der Waals surface area contributed by atoms with Gasteiger partial charge in [-0.15, -0.1) is 5.10 Å². The van der Waals surface area contributed by atoms with Gasteiger partial charge in [0, 0.05) is 36.1 Å². The Hall–Kier alpha value is -7.66. The highest BCUT2D eigenvalue weighted by Gasteiger charge is 2.74. The molecule has 0 bridgehead atoms. The summed E-state index contributed by atoms with van der Waals surface area (Å²) in [6.45, 7) is 0.391. The number of hydrogen-bond donors (Lipinski definition) is 3. The van der Waals surface area contributed by atoms with Crippen molar-refractivity contribution in [2.45, 2.75) is 42.6 Å². The summed E-state index contributed by atoms with van der Waals surface area (Å²) in [4.78, 5) is 52.5. The van der Waals surface area contributed by atoms with E-state index >= 15 is 14.4 Å². The largest absolute Gasteiger partial charge is 0.491 e. The number of pyridine rings is 1. The number of aliphatic hydroxyl groups is 1. The minimum absolute atomic E-state index is 0.0923. The van der Waals surface area contributed by atoms with E-state index in [4.69, 9.17) is 9.47 Å². The van der Waals surface area contributed by atoms with E-state index in [1.807, 2.05) is 138 Å². The minimum atomic E-state index is -1.69. The number of hydrogen-bond acceptors (Lipinski definition) is 10. The van der Waals surface area contributed by atoms with Crippen molar-refractivity contribution in [3.63, 3.8) is 0 Å². The zero-order chi connectivity index (χ0) is 43.6. The van der Waals surface area contributed by atoms with Crippen molar-refractivity contribution in [1.82, 2.24) is 30.2 Å². The Balaban J connectivity index is 1.16. The molecule has 6 unspecified atom stereocenters. The maximum atomic E-state index is 15.5. The van der Waals surface area contributed by atoms with Crippen LogP contribution in [0, 0.1) is 17.8 Å². The highest BCUT2D eigenvalue weighted by molar-refractivity contribution is 6.12. The lowest BCUT2D eigenvalue weighted by Gasteiger charge is -2.46. The Kier molecular flexibility index (Phi) is 10.9. The number of aromatic nitrogens is 4. The summed E-state index contributed by atoms with van der Waals surface area (Å²) in [5.74, 6) is 4.22. The van der Waals surface area contributed by atoms with Gasteiger partial charge in [0.25, 0.3) is 0 Å². The van der Waals surface area contributed by atoms with Crippen molar-refractivity contribution in [1.29, 1.82) is 0 Å². The molecular formula is C51H43N7O6. The highest BCUT2D eigenvalue weighted by Crippen LogP contribution is 2.64. The van der Waals surface area contributed by atoms with E-state index in [-0.39, 0.29) is 26.3 Å². The number of carbonyl (C=O) groups excluding carboxylic acids is 3. The number of fused-ring (bicyclic) bond motifs is 4. The standard InChI is InChI=1S/C51H43N7O6/c59-30-31-63-38-23-21-36(22-24-38)47-51(39-32-33(20-25-40(39)54-50(51)62)12-11-29-57-42-19-8-7-18-41(42)55-56-57)43(48(60)53-28-26-37-17-9-10-27-52-37)45-49(61)64-46(35-15-5-2-6-16-35)44(58(45)47)34-13-3-1-4-14-34/h1-10,13-25,27,32,43-47,59H,26,28-31H2,(H,53,60)(H,54,62). The number of nitrogens with zero attached hydrogens (tertiary/aromatic N) is 5. The van der Waals surface area contributed by atoms with Gasteiger partial charge in [-0.3, -0.25) is 24.3 Å². The van der Waals surface area contributed by atoms with E-state index in [1.165, 1.54) is 0 Å². The summed E-state index contributed by atoms with van der Waals surface area (Å²) in [7, 11) is 0. The molecule has 2 aromatic heterocycles. The fourth-order valence-electron chi connectivity index (χ4n) is 9.80. The maximum absolute atomic E-state index is 15.5. The quantitative estimate of drug-likeness (QED) is 0.106. The van der Waals surface area contributed by atoms with Crippen LogP contribution in [0.25, 0.3) is 11.0 Å². The summed E-state index contributed by atoms with van der Waals surface area (Å²) >= 11 is 0. The number of carbonyl (C=O) groups is 3. The highest BCUT2D eigenvalue weighted by atomic mass is 16.6. The zero-order valence-corrected chi connectivity index (χ0v) is 34.6. The van der Waals surface area contributed by atoms with E-state index in [9.17, 15) is 5.11 Å². The van der Waals surface area contributed by atoms with Gasteiger partial charge in [-0.25, -0.2) is 4.68 Å². The van der Waals surface area contributed by atoms with Gasteiger partial charge in [-0.1, -0.05) is 108 Å². The van der Waals surface area contributed by atoms with E-state index < -0.39 is 53.3 Å². The molecule has 2 saturated heterocycles. The summed E-state index contributed by atoms with van der Waals surface area (Å²) < 4.78 is 14.1. The lowest BCUT2D eigenvalue weighted by atomic mass is 9.65. The average Bonchev–Trinajstić information content (AvgIpc) is 3.99. The van der Waals surface area contributed by atoms with Crippen molar-refractivity contribution in [3.05, 3.63) is 185 Å². The molecule has 0 aliphatic carbocycles. The minimum Gasteiger partial charge on any atom is -0.491 e. The molecule has 0 saturated carbocycles. The molecule has 10 rings (SSSR count). The number of ether oxygens (including phenoxy) is 2. The number of esters is 1. The second-order valence-corrected chi connectivity index (χ2v) is 16.0. The zero-order valence-electron chi connectivity index (χ0n) is 34.6. The van der Waals surface area contributed by atoms with Crippen LogP contribution in [0.15, 0.2) is 152 Å². The molecule has 1 spiro atoms. The van der Waals surface area contributed by atoms with Crippen molar-refractivity contribution < 1.29 is 29.0 Å². The topological polar surface area (TPSA) is 161 Å². The van der Waals surface area contributed by atoms with Crippen molar-refractivity contribution in [2.75, 3.05) is 25.1 Å². The van der Waals surface area contributed by atoms with Crippen LogP contribution in [0.1, 0.15) is 51.7 Å². The van der Waals surface area contributed by atoms with E-state index in [1.54, 1.807) is 23.0 Å². The van der Waals surface area contributed by atoms with Crippen LogP contribution in [-0.4, -0.2) is 73.6 Å². The first-order valence-corrected chi connectivity index (χ1v) is 21.3. The molecule has 6 atom stereocenters. The number of para-hydroxylation sites is 1. The van der Waals surface area contributed by atoms with Gasteiger partial charge in [0.1, 0.15) is 42.0 Å². The molecular weight excluding hydrogens is 807 g/mol. The molecule has 0 radical (unpaired) electrons. The number of amides is 2. The first kappa shape index (κ1) is 40.4. The molecule has 2 fully saturated rings. The predicted octanol–water partition coefficient (Wildman–Crippen LogP) is 5.88. The molecule has 2 amide bonds. The van der Waals surface area contributed by atoms with Crippen LogP contribution in [0.2, 0.25) is 0 Å². The fraction of sp³-hybridized carbons (Fsp3) is 0.216. The van der Waals surface area contributed by atoms with Gasteiger partial charge in [-0.2, -0.15) is 0 Å². The van der Waals surface area contributed by atoms with Crippen LogP contribution < -0.4 is 15.4 Å². The first-order valence-electron chi connectivity index (χ1n) is 21.3. The van der Waals surface area contributed by atoms with Crippen molar-refractivity contribution in [3.8, 4) is 17.6 Å². The molecule has 7 aromatic rings. The average molecular weight is 850 g/mol. The molecule has 3 N–H and O–H groups in total. The number of rotatable bonds is 11. The third kappa shape index (κ3) is 7.12. The molecule has 13 nitrogen and oxygen atoms in total. The van der Waals surface area contributed by atoms with Crippen LogP contribution in [0.4, 0.5) is 5.69 Å². The van der Waals surface area contributed by atoms with E-state index in [0.29, 0.717) is 34.5 Å². The smallest absolute Gasteiger partial charge is 0.324 e.